The van der Waals surface area contributed by atoms with E-state index in [1.807, 2.05) is 18.3 Å². The Bertz CT molecular complexity index is 760. The highest BCUT2D eigenvalue weighted by Gasteiger charge is 2.51. The normalized spacial score (nSPS) is 21.0. The highest BCUT2D eigenvalue weighted by molar-refractivity contribution is 6.62. The Labute approximate surface area is 149 Å². The minimum absolute atomic E-state index is 0.339. The number of hydrogen-bond acceptors (Lipinski definition) is 5. The fourth-order valence-corrected chi connectivity index (χ4v) is 3.20. The Morgan fingerprint density at radius 1 is 1.04 bits per heavy atom. The summed E-state index contributed by atoms with van der Waals surface area (Å²) in [5, 5.41) is 3.43. The summed E-state index contributed by atoms with van der Waals surface area (Å²) in [5.74, 6) is 0.939. The lowest BCUT2D eigenvalue weighted by Crippen LogP contribution is -2.41. The maximum absolute atomic E-state index is 6.11. The van der Waals surface area contributed by atoms with E-state index in [1.54, 1.807) is 0 Å². The lowest BCUT2D eigenvalue weighted by Gasteiger charge is -2.32. The topological polar surface area (TPSA) is 46.6 Å². The molecule has 2 aromatic rings. The zero-order valence-corrected chi connectivity index (χ0v) is 15.2. The second-order valence-corrected chi connectivity index (χ2v) is 7.63. The first-order chi connectivity index (χ1) is 11.9. The van der Waals surface area contributed by atoms with Gasteiger partial charge < -0.3 is 19.5 Å². The van der Waals surface area contributed by atoms with Crippen molar-refractivity contribution in [2.24, 2.45) is 0 Å². The van der Waals surface area contributed by atoms with Crippen LogP contribution in [0.4, 0.5) is 17.2 Å². The van der Waals surface area contributed by atoms with Gasteiger partial charge in [-0.15, -0.1) is 0 Å². The second kappa shape index (κ2) is 5.75. The molecule has 5 nitrogen and oxygen atoms in total. The molecule has 3 heterocycles. The van der Waals surface area contributed by atoms with Gasteiger partial charge in [-0.3, -0.25) is 0 Å². The second-order valence-electron chi connectivity index (χ2n) is 7.63. The summed E-state index contributed by atoms with van der Waals surface area (Å²) in [6, 6.07) is 12.4. The van der Waals surface area contributed by atoms with Crippen LogP contribution in [0.25, 0.3) is 0 Å². The molecule has 1 aromatic carbocycles. The van der Waals surface area contributed by atoms with E-state index in [-0.39, 0.29) is 18.3 Å². The third-order valence-corrected chi connectivity index (χ3v) is 5.42. The maximum Gasteiger partial charge on any atom is 0.496 e. The molecule has 25 heavy (non-hydrogen) atoms. The van der Waals surface area contributed by atoms with Crippen molar-refractivity contribution in [3.05, 3.63) is 42.6 Å². The highest BCUT2D eigenvalue weighted by atomic mass is 16.7. The fraction of sp³-hybridized carbons (Fsp3) is 0.421. The molecule has 0 saturated carbocycles. The average Bonchev–Trinajstić information content (AvgIpc) is 2.82. The Morgan fingerprint density at radius 3 is 2.44 bits per heavy atom. The molecule has 0 bridgehead atoms. The fourth-order valence-electron chi connectivity index (χ4n) is 3.20. The number of benzene rings is 1. The van der Waals surface area contributed by atoms with E-state index in [0.717, 1.165) is 35.7 Å². The summed E-state index contributed by atoms with van der Waals surface area (Å²) < 4.78 is 12.2. The van der Waals surface area contributed by atoms with Crippen LogP contribution < -0.4 is 15.7 Å². The number of hydrogen-bond donors (Lipinski definition) is 1. The van der Waals surface area contributed by atoms with Crippen molar-refractivity contribution in [2.75, 3.05) is 23.3 Å². The molecule has 2 aliphatic heterocycles. The molecule has 1 fully saturated rings. The van der Waals surface area contributed by atoms with Crippen LogP contribution in [0.3, 0.4) is 0 Å². The van der Waals surface area contributed by atoms with Crippen LogP contribution in [0.2, 0.25) is 0 Å². The van der Waals surface area contributed by atoms with Crippen molar-refractivity contribution >= 4 is 29.8 Å². The summed E-state index contributed by atoms with van der Waals surface area (Å²) in [4.78, 5) is 6.92. The average molecular weight is 337 g/mol. The molecule has 2 aliphatic rings. The van der Waals surface area contributed by atoms with E-state index in [2.05, 4.69) is 67.2 Å². The van der Waals surface area contributed by atoms with Gasteiger partial charge in [-0.05, 0) is 45.9 Å². The molecule has 1 aromatic heterocycles. The van der Waals surface area contributed by atoms with Crippen molar-refractivity contribution in [3.8, 4) is 0 Å². The van der Waals surface area contributed by atoms with Gasteiger partial charge in [-0.1, -0.05) is 18.2 Å². The molecule has 6 heteroatoms. The van der Waals surface area contributed by atoms with Gasteiger partial charge in [0.1, 0.15) is 5.82 Å². The number of anilines is 3. The monoisotopic (exact) mass is 337 g/mol. The van der Waals surface area contributed by atoms with Crippen molar-refractivity contribution in [2.45, 2.75) is 38.9 Å². The van der Waals surface area contributed by atoms with Crippen LogP contribution in [0.15, 0.2) is 42.6 Å². The predicted molar refractivity (Wildman–Crippen MR) is 102 cm³/mol. The van der Waals surface area contributed by atoms with Crippen LogP contribution in [0, 0.1) is 0 Å². The molecule has 0 aliphatic carbocycles. The molecule has 130 valence electrons. The van der Waals surface area contributed by atoms with Gasteiger partial charge in [0, 0.05) is 24.7 Å². The van der Waals surface area contributed by atoms with Gasteiger partial charge in [0.15, 0.2) is 0 Å². The van der Waals surface area contributed by atoms with Crippen LogP contribution >= 0.6 is 0 Å². The number of nitrogens with one attached hydrogen (secondary N) is 1. The summed E-state index contributed by atoms with van der Waals surface area (Å²) >= 11 is 0. The van der Waals surface area contributed by atoms with Gasteiger partial charge in [-0.25, -0.2) is 4.98 Å². The van der Waals surface area contributed by atoms with Crippen molar-refractivity contribution in [3.63, 3.8) is 0 Å². The molecule has 1 N–H and O–H groups in total. The molecule has 0 unspecified atom stereocenters. The summed E-state index contributed by atoms with van der Waals surface area (Å²) in [6.07, 6.45) is 1.86. The van der Waals surface area contributed by atoms with E-state index in [0.29, 0.717) is 0 Å². The van der Waals surface area contributed by atoms with Gasteiger partial charge >= 0.3 is 7.12 Å². The molecular weight excluding hydrogens is 313 g/mol. The van der Waals surface area contributed by atoms with E-state index in [9.17, 15) is 0 Å². The molecule has 0 amide bonds. The smallest absolute Gasteiger partial charge is 0.399 e. The Kier molecular flexibility index (Phi) is 3.78. The number of aromatic nitrogens is 1. The Morgan fingerprint density at radius 2 is 1.76 bits per heavy atom. The first-order valence-corrected chi connectivity index (χ1v) is 8.79. The van der Waals surface area contributed by atoms with Crippen LogP contribution in [0.5, 0.6) is 0 Å². The van der Waals surface area contributed by atoms with E-state index >= 15 is 0 Å². The Hall–Kier alpha value is -2.05. The van der Waals surface area contributed by atoms with Gasteiger partial charge in [-0.2, -0.15) is 0 Å². The van der Waals surface area contributed by atoms with Gasteiger partial charge in [0.05, 0.1) is 22.6 Å². The number of nitrogens with zero attached hydrogens (tertiary/aromatic N) is 2. The van der Waals surface area contributed by atoms with Crippen molar-refractivity contribution < 1.29 is 9.31 Å². The minimum Gasteiger partial charge on any atom is -0.399 e. The van der Waals surface area contributed by atoms with Crippen LogP contribution in [-0.2, 0) is 9.31 Å². The third kappa shape index (κ3) is 2.79. The molecule has 4 rings (SSSR count). The minimum atomic E-state index is -0.373. The third-order valence-electron chi connectivity index (χ3n) is 5.42. The van der Waals surface area contributed by atoms with Crippen molar-refractivity contribution in [1.82, 2.24) is 4.98 Å². The number of rotatable bonds is 2. The van der Waals surface area contributed by atoms with E-state index in [4.69, 9.17) is 9.31 Å². The number of pyridine rings is 1. The van der Waals surface area contributed by atoms with Crippen LogP contribution in [-0.4, -0.2) is 36.4 Å². The SMILES string of the molecule is CC1(C)OB(c2ccc(N3CCNc4ccccc43)nc2)OC1(C)C. The molecule has 0 spiro atoms. The molecule has 0 atom stereocenters. The van der Waals surface area contributed by atoms with Gasteiger partial charge in [0.2, 0.25) is 0 Å². The first kappa shape index (κ1) is 16.4. The quantitative estimate of drug-likeness (QED) is 0.854. The zero-order valence-electron chi connectivity index (χ0n) is 15.2. The van der Waals surface area contributed by atoms with E-state index < -0.39 is 0 Å². The Balaban J connectivity index is 1.58. The summed E-state index contributed by atoms with van der Waals surface area (Å²) in [6.45, 7) is 10.0. The molecular formula is C19H24BN3O2. The van der Waals surface area contributed by atoms with Crippen molar-refractivity contribution in [1.29, 1.82) is 0 Å². The molecule has 0 radical (unpaired) electrons. The summed E-state index contributed by atoms with van der Waals surface area (Å²) in [5.41, 5.74) is 2.57. The lowest BCUT2D eigenvalue weighted by atomic mass is 9.80. The van der Waals surface area contributed by atoms with Gasteiger partial charge in [0.25, 0.3) is 0 Å². The highest BCUT2D eigenvalue weighted by Crippen LogP contribution is 2.37. The zero-order chi connectivity index (χ0) is 17.7. The number of fused-ring (bicyclic) bond motifs is 1. The maximum atomic E-state index is 6.11. The largest absolute Gasteiger partial charge is 0.496 e. The standard InChI is InChI=1S/C19H24BN3O2/c1-18(2)19(3,4)25-20(24-18)14-9-10-17(22-13-14)23-12-11-21-15-7-5-6-8-16(15)23/h5-10,13,21H,11-12H2,1-4H3. The molecule has 1 saturated heterocycles. The van der Waals surface area contributed by atoms with E-state index in [1.165, 1.54) is 0 Å². The lowest BCUT2D eigenvalue weighted by molar-refractivity contribution is 0.00578. The predicted octanol–water partition coefficient (Wildman–Crippen LogP) is 2.94. The first-order valence-electron chi connectivity index (χ1n) is 8.79. The summed E-state index contributed by atoms with van der Waals surface area (Å²) in [7, 11) is -0.373. The number of para-hydroxylation sites is 2. The van der Waals surface area contributed by atoms with Crippen LogP contribution in [0.1, 0.15) is 27.7 Å².